The Morgan fingerprint density at radius 3 is 2.04 bits per heavy atom. The number of ether oxygens (including phenoxy) is 4. The highest BCUT2D eigenvalue weighted by Crippen LogP contribution is 2.40. The summed E-state index contributed by atoms with van der Waals surface area (Å²) in [6.45, 7) is 0. The minimum atomic E-state index is 0.462. The van der Waals surface area contributed by atoms with Gasteiger partial charge in [0.1, 0.15) is 5.75 Å². The minimum absolute atomic E-state index is 0.462. The fraction of sp³-hybridized carbons (Fsp3) is 0.235. The zero-order chi connectivity index (χ0) is 18.7. The van der Waals surface area contributed by atoms with Gasteiger partial charge in [-0.1, -0.05) is 11.6 Å². The van der Waals surface area contributed by atoms with E-state index in [4.69, 9.17) is 30.5 Å². The predicted molar refractivity (Wildman–Crippen MR) is 95.8 cm³/mol. The fourth-order valence-corrected chi connectivity index (χ4v) is 2.79. The molecule has 0 bridgehead atoms. The van der Waals surface area contributed by atoms with Crippen LogP contribution in [0.5, 0.6) is 23.0 Å². The van der Waals surface area contributed by atoms with Crippen LogP contribution >= 0.6 is 11.6 Å². The van der Waals surface area contributed by atoms with Crippen LogP contribution in [0.3, 0.4) is 0 Å². The van der Waals surface area contributed by atoms with Crippen LogP contribution in [-0.4, -0.2) is 48.6 Å². The number of methoxy groups -OCH3 is 4. The second kappa shape index (κ2) is 7.49. The van der Waals surface area contributed by atoms with Crippen LogP contribution in [0.4, 0.5) is 0 Å². The zero-order valence-electron chi connectivity index (χ0n) is 14.7. The lowest BCUT2D eigenvalue weighted by molar-refractivity contribution is 0.324. The Morgan fingerprint density at radius 2 is 1.50 bits per heavy atom. The zero-order valence-corrected chi connectivity index (χ0v) is 15.4. The molecule has 0 aliphatic carbocycles. The first-order valence-corrected chi connectivity index (χ1v) is 7.93. The molecule has 0 amide bonds. The quantitative estimate of drug-likeness (QED) is 0.654. The molecular formula is C17H17ClN4O4. The highest BCUT2D eigenvalue weighted by Gasteiger charge is 2.18. The summed E-state index contributed by atoms with van der Waals surface area (Å²) in [5, 5.41) is 12.4. The van der Waals surface area contributed by atoms with Crippen molar-refractivity contribution >= 4 is 11.6 Å². The summed E-state index contributed by atoms with van der Waals surface area (Å²) < 4.78 is 22.9. The fourth-order valence-electron chi connectivity index (χ4n) is 2.54. The molecular weight excluding hydrogens is 360 g/mol. The lowest BCUT2D eigenvalue weighted by Gasteiger charge is -2.14. The van der Waals surface area contributed by atoms with Gasteiger partial charge in [-0.15, -0.1) is 5.10 Å². The van der Waals surface area contributed by atoms with Crippen molar-refractivity contribution in [3.63, 3.8) is 0 Å². The van der Waals surface area contributed by atoms with Crippen molar-refractivity contribution in [2.24, 2.45) is 0 Å². The molecule has 1 heterocycles. The number of hydrogen-bond acceptors (Lipinski definition) is 7. The lowest BCUT2D eigenvalue weighted by atomic mass is 10.2. The molecule has 0 unspecified atom stereocenters. The van der Waals surface area contributed by atoms with Gasteiger partial charge in [0.05, 0.1) is 39.1 Å². The van der Waals surface area contributed by atoms with Gasteiger partial charge in [-0.05, 0) is 28.6 Å². The maximum atomic E-state index is 6.22. The van der Waals surface area contributed by atoms with E-state index < -0.39 is 0 Å². The number of hydrogen-bond donors (Lipinski definition) is 0. The van der Waals surface area contributed by atoms with E-state index in [9.17, 15) is 0 Å². The van der Waals surface area contributed by atoms with Crippen molar-refractivity contribution in [2.45, 2.75) is 0 Å². The van der Waals surface area contributed by atoms with Gasteiger partial charge in [0.2, 0.25) is 5.75 Å². The van der Waals surface area contributed by atoms with Crippen LogP contribution in [0.2, 0.25) is 5.02 Å². The third kappa shape index (κ3) is 3.11. The summed E-state index contributed by atoms with van der Waals surface area (Å²) in [5.41, 5.74) is 1.38. The number of benzene rings is 2. The van der Waals surface area contributed by atoms with Gasteiger partial charge in [-0.2, -0.15) is 4.68 Å². The third-order valence-corrected chi connectivity index (χ3v) is 4.07. The molecule has 8 nitrogen and oxygen atoms in total. The summed E-state index contributed by atoms with van der Waals surface area (Å²) in [7, 11) is 6.19. The third-order valence-electron chi connectivity index (χ3n) is 3.77. The number of aromatic nitrogens is 4. The molecule has 0 atom stereocenters. The lowest BCUT2D eigenvalue weighted by Crippen LogP contribution is -2.03. The molecule has 0 aliphatic heterocycles. The maximum Gasteiger partial charge on any atom is 0.203 e. The van der Waals surface area contributed by atoms with E-state index >= 15 is 0 Å². The highest BCUT2D eigenvalue weighted by molar-refractivity contribution is 6.32. The average Bonchev–Trinajstić information content (AvgIpc) is 3.16. The highest BCUT2D eigenvalue weighted by atomic mass is 35.5. The molecule has 3 rings (SSSR count). The summed E-state index contributed by atoms with van der Waals surface area (Å²) >= 11 is 6.22. The normalized spacial score (nSPS) is 10.5. The SMILES string of the molecule is COc1ccc(-c2nnnn2-c2cc(OC)c(OC)c(OC)c2)cc1Cl. The second-order valence-electron chi connectivity index (χ2n) is 5.15. The van der Waals surface area contributed by atoms with Crippen LogP contribution < -0.4 is 18.9 Å². The summed E-state index contributed by atoms with van der Waals surface area (Å²) in [6.07, 6.45) is 0. The Morgan fingerprint density at radius 1 is 0.846 bits per heavy atom. The van der Waals surface area contributed by atoms with Crippen molar-refractivity contribution in [2.75, 3.05) is 28.4 Å². The molecule has 0 radical (unpaired) electrons. The van der Waals surface area contributed by atoms with E-state index in [-0.39, 0.29) is 0 Å². The molecule has 0 spiro atoms. The molecule has 0 fully saturated rings. The summed E-state index contributed by atoms with van der Waals surface area (Å²) in [5.74, 6) is 2.55. The average molecular weight is 377 g/mol. The molecule has 3 aromatic rings. The summed E-state index contributed by atoms with van der Waals surface area (Å²) in [4.78, 5) is 0. The van der Waals surface area contributed by atoms with Gasteiger partial charge in [-0.3, -0.25) is 0 Å². The van der Waals surface area contributed by atoms with Crippen LogP contribution in [-0.2, 0) is 0 Å². The van der Waals surface area contributed by atoms with Crippen LogP contribution in [0, 0.1) is 0 Å². The van der Waals surface area contributed by atoms with E-state index in [1.807, 2.05) is 6.07 Å². The van der Waals surface area contributed by atoms with Crippen LogP contribution in [0.25, 0.3) is 17.1 Å². The van der Waals surface area contributed by atoms with Crippen LogP contribution in [0.15, 0.2) is 30.3 Å². The minimum Gasteiger partial charge on any atom is -0.495 e. The Bertz CT molecular complexity index is 904. The van der Waals surface area contributed by atoms with E-state index in [1.54, 1.807) is 57.4 Å². The predicted octanol–water partition coefficient (Wildman–Crippen LogP) is 3.02. The maximum absolute atomic E-state index is 6.22. The Kier molecular flexibility index (Phi) is 5.13. The van der Waals surface area contributed by atoms with Crippen molar-refractivity contribution in [1.82, 2.24) is 20.2 Å². The smallest absolute Gasteiger partial charge is 0.203 e. The topological polar surface area (TPSA) is 80.5 Å². The van der Waals surface area contributed by atoms with E-state index in [0.29, 0.717) is 39.5 Å². The molecule has 2 aromatic carbocycles. The van der Waals surface area contributed by atoms with E-state index in [1.165, 1.54) is 0 Å². The van der Waals surface area contributed by atoms with Gasteiger partial charge in [-0.25, -0.2) is 0 Å². The number of rotatable bonds is 6. The Balaban J connectivity index is 2.13. The van der Waals surface area contributed by atoms with Crippen LogP contribution in [0.1, 0.15) is 0 Å². The molecule has 0 saturated heterocycles. The van der Waals surface area contributed by atoms with Gasteiger partial charge in [0.25, 0.3) is 0 Å². The molecule has 9 heteroatoms. The monoisotopic (exact) mass is 376 g/mol. The first kappa shape index (κ1) is 17.8. The van der Waals surface area contributed by atoms with Crippen molar-refractivity contribution in [3.05, 3.63) is 35.4 Å². The van der Waals surface area contributed by atoms with Crippen molar-refractivity contribution in [3.8, 4) is 40.1 Å². The molecule has 0 N–H and O–H groups in total. The van der Waals surface area contributed by atoms with Gasteiger partial charge in [0.15, 0.2) is 17.3 Å². The molecule has 0 saturated carbocycles. The van der Waals surface area contributed by atoms with Gasteiger partial charge >= 0.3 is 0 Å². The Labute approximate surface area is 155 Å². The first-order valence-electron chi connectivity index (χ1n) is 7.55. The standard InChI is InChI=1S/C17H17ClN4O4/c1-23-13-6-5-10(7-12(13)18)17-19-20-21-22(17)11-8-14(24-2)16(26-4)15(9-11)25-3/h5-9H,1-4H3. The number of tetrazole rings is 1. The molecule has 136 valence electrons. The van der Waals surface area contributed by atoms with Crippen molar-refractivity contribution < 1.29 is 18.9 Å². The Hall–Kier alpha value is -3.00. The number of halogens is 1. The molecule has 26 heavy (non-hydrogen) atoms. The van der Waals surface area contributed by atoms with Gasteiger partial charge < -0.3 is 18.9 Å². The number of nitrogens with zero attached hydrogens (tertiary/aromatic N) is 4. The van der Waals surface area contributed by atoms with E-state index in [0.717, 1.165) is 5.56 Å². The summed E-state index contributed by atoms with van der Waals surface area (Å²) in [6, 6.07) is 8.83. The van der Waals surface area contributed by atoms with E-state index in [2.05, 4.69) is 15.5 Å². The van der Waals surface area contributed by atoms with Crippen molar-refractivity contribution in [1.29, 1.82) is 0 Å². The van der Waals surface area contributed by atoms with Gasteiger partial charge in [0, 0.05) is 17.7 Å². The molecule has 0 aliphatic rings. The molecule has 1 aromatic heterocycles. The second-order valence-corrected chi connectivity index (χ2v) is 5.55. The first-order chi connectivity index (χ1) is 12.6. The largest absolute Gasteiger partial charge is 0.495 e.